The van der Waals surface area contributed by atoms with Gasteiger partial charge in [-0.15, -0.1) is 0 Å². The number of carbonyl (C=O) groups is 1. The lowest BCUT2D eigenvalue weighted by Crippen LogP contribution is -2.13. The summed E-state index contributed by atoms with van der Waals surface area (Å²) in [5.41, 5.74) is 0.225. The summed E-state index contributed by atoms with van der Waals surface area (Å²) in [7, 11) is 0. The van der Waals surface area contributed by atoms with Crippen molar-refractivity contribution in [2.24, 2.45) is 0 Å². The normalized spacial score (nSPS) is 10.3. The third-order valence-corrected chi connectivity index (χ3v) is 3.51. The maximum Gasteiger partial charge on any atom is 0.256 e. The molecular formula is C13H7BrClF2NO. The first-order chi connectivity index (χ1) is 8.99. The van der Waals surface area contributed by atoms with E-state index in [2.05, 4.69) is 21.2 Å². The van der Waals surface area contributed by atoms with Crippen molar-refractivity contribution >= 4 is 39.1 Å². The van der Waals surface area contributed by atoms with Crippen LogP contribution in [0.25, 0.3) is 0 Å². The third kappa shape index (κ3) is 3.11. The van der Waals surface area contributed by atoms with Gasteiger partial charge in [0.15, 0.2) is 0 Å². The maximum absolute atomic E-state index is 13.3. The van der Waals surface area contributed by atoms with Gasteiger partial charge in [-0.05, 0) is 46.3 Å². The first-order valence-electron chi connectivity index (χ1n) is 5.19. The van der Waals surface area contributed by atoms with Crippen LogP contribution in [0.4, 0.5) is 14.5 Å². The molecule has 0 heterocycles. The topological polar surface area (TPSA) is 29.1 Å². The van der Waals surface area contributed by atoms with Gasteiger partial charge in [0.25, 0.3) is 5.91 Å². The second-order valence-electron chi connectivity index (χ2n) is 3.68. The van der Waals surface area contributed by atoms with E-state index in [9.17, 15) is 13.6 Å². The van der Waals surface area contributed by atoms with Gasteiger partial charge in [-0.25, -0.2) is 8.78 Å². The molecule has 0 fully saturated rings. The molecule has 2 nitrogen and oxygen atoms in total. The standard InChI is InChI=1S/C13H7BrClF2NO/c14-12-8(2-1-3-10(12)17)13(19)18-11-6-7(16)4-5-9(11)15/h1-6H,(H,18,19). The minimum atomic E-state index is -0.584. The maximum atomic E-state index is 13.3. The highest BCUT2D eigenvalue weighted by Gasteiger charge is 2.14. The van der Waals surface area contributed by atoms with Crippen molar-refractivity contribution in [1.82, 2.24) is 0 Å². The Kier molecular flexibility index (Phi) is 4.17. The lowest BCUT2D eigenvalue weighted by atomic mass is 10.2. The van der Waals surface area contributed by atoms with Crippen LogP contribution in [-0.2, 0) is 0 Å². The first-order valence-corrected chi connectivity index (χ1v) is 6.36. The molecule has 0 saturated carbocycles. The van der Waals surface area contributed by atoms with Crippen LogP contribution >= 0.6 is 27.5 Å². The molecule has 0 saturated heterocycles. The molecule has 0 aliphatic carbocycles. The van der Waals surface area contributed by atoms with E-state index in [1.807, 2.05) is 0 Å². The van der Waals surface area contributed by atoms with Gasteiger partial charge in [0.05, 0.1) is 20.7 Å². The molecule has 1 N–H and O–H groups in total. The Morgan fingerprint density at radius 2 is 1.95 bits per heavy atom. The molecule has 0 aromatic heterocycles. The predicted octanol–water partition coefficient (Wildman–Crippen LogP) is 4.63. The van der Waals surface area contributed by atoms with Crippen molar-refractivity contribution in [3.05, 3.63) is 63.1 Å². The molecule has 1 amide bonds. The Morgan fingerprint density at radius 3 is 2.68 bits per heavy atom. The Morgan fingerprint density at radius 1 is 1.21 bits per heavy atom. The van der Waals surface area contributed by atoms with Crippen LogP contribution in [-0.4, -0.2) is 5.91 Å². The van der Waals surface area contributed by atoms with Crippen LogP contribution in [0, 0.1) is 11.6 Å². The molecular weight excluding hydrogens is 340 g/mol. The number of carbonyl (C=O) groups excluding carboxylic acids is 1. The van der Waals surface area contributed by atoms with Crippen molar-refractivity contribution in [1.29, 1.82) is 0 Å². The third-order valence-electron chi connectivity index (χ3n) is 2.37. The van der Waals surface area contributed by atoms with Crippen molar-refractivity contribution in [2.75, 3.05) is 5.32 Å². The average molecular weight is 347 g/mol. The van der Waals surface area contributed by atoms with E-state index in [-0.39, 0.29) is 20.7 Å². The van der Waals surface area contributed by atoms with Gasteiger partial charge in [0.1, 0.15) is 11.6 Å². The molecule has 0 atom stereocenters. The highest BCUT2D eigenvalue weighted by atomic mass is 79.9. The van der Waals surface area contributed by atoms with E-state index >= 15 is 0 Å². The van der Waals surface area contributed by atoms with Gasteiger partial charge in [-0.3, -0.25) is 4.79 Å². The highest BCUT2D eigenvalue weighted by Crippen LogP contribution is 2.25. The van der Waals surface area contributed by atoms with Gasteiger partial charge < -0.3 is 5.32 Å². The number of halogens is 4. The minimum Gasteiger partial charge on any atom is -0.321 e. The van der Waals surface area contributed by atoms with Gasteiger partial charge in [0, 0.05) is 0 Å². The first kappa shape index (κ1) is 14.0. The summed E-state index contributed by atoms with van der Waals surface area (Å²) in [5.74, 6) is -1.67. The summed E-state index contributed by atoms with van der Waals surface area (Å²) in [6.45, 7) is 0. The van der Waals surface area contributed by atoms with Crippen LogP contribution in [0.1, 0.15) is 10.4 Å². The van der Waals surface area contributed by atoms with E-state index < -0.39 is 17.5 Å². The van der Waals surface area contributed by atoms with Crippen molar-refractivity contribution in [3.8, 4) is 0 Å². The summed E-state index contributed by atoms with van der Waals surface area (Å²) in [6.07, 6.45) is 0. The average Bonchev–Trinajstić information content (AvgIpc) is 2.37. The van der Waals surface area contributed by atoms with Crippen LogP contribution in [0.3, 0.4) is 0 Å². The lowest BCUT2D eigenvalue weighted by Gasteiger charge is -2.09. The van der Waals surface area contributed by atoms with Gasteiger partial charge in [0.2, 0.25) is 0 Å². The number of rotatable bonds is 2. The second-order valence-corrected chi connectivity index (χ2v) is 4.88. The molecule has 2 aromatic carbocycles. The van der Waals surface area contributed by atoms with E-state index in [0.29, 0.717) is 0 Å². The van der Waals surface area contributed by atoms with Gasteiger partial charge in [-0.1, -0.05) is 17.7 Å². The monoisotopic (exact) mass is 345 g/mol. The fourth-order valence-corrected chi connectivity index (χ4v) is 2.07. The minimum absolute atomic E-state index is 0.0417. The Bertz CT molecular complexity index is 649. The van der Waals surface area contributed by atoms with Crippen LogP contribution in [0.2, 0.25) is 5.02 Å². The number of anilines is 1. The summed E-state index contributed by atoms with van der Waals surface area (Å²) >= 11 is 8.82. The zero-order valence-electron chi connectivity index (χ0n) is 9.38. The number of hydrogen-bond acceptors (Lipinski definition) is 1. The molecule has 2 rings (SSSR count). The Balaban J connectivity index is 2.31. The lowest BCUT2D eigenvalue weighted by molar-refractivity contribution is 0.102. The molecule has 0 bridgehead atoms. The molecule has 6 heteroatoms. The van der Waals surface area contributed by atoms with E-state index in [1.165, 1.54) is 30.3 Å². The largest absolute Gasteiger partial charge is 0.321 e. The molecule has 98 valence electrons. The predicted molar refractivity (Wildman–Crippen MR) is 73.5 cm³/mol. The van der Waals surface area contributed by atoms with E-state index in [1.54, 1.807) is 0 Å². The molecule has 19 heavy (non-hydrogen) atoms. The zero-order valence-corrected chi connectivity index (χ0v) is 11.7. The molecule has 0 aliphatic rings. The molecule has 2 aromatic rings. The Labute approximate surface area is 121 Å². The quantitative estimate of drug-likeness (QED) is 0.844. The number of benzene rings is 2. The smallest absolute Gasteiger partial charge is 0.256 e. The van der Waals surface area contributed by atoms with Crippen LogP contribution in [0.15, 0.2) is 40.9 Å². The zero-order chi connectivity index (χ0) is 14.0. The number of amides is 1. The van der Waals surface area contributed by atoms with Crippen molar-refractivity contribution in [2.45, 2.75) is 0 Å². The molecule has 0 spiro atoms. The van der Waals surface area contributed by atoms with E-state index in [4.69, 9.17) is 11.6 Å². The Hall–Kier alpha value is -1.46. The SMILES string of the molecule is O=C(Nc1cc(F)ccc1Cl)c1cccc(F)c1Br. The fourth-order valence-electron chi connectivity index (χ4n) is 1.46. The summed E-state index contributed by atoms with van der Waals surface area (Å²) in [6, 6.07) is 7.66. The highest BCUT2D eigenvalue weighted by molar-refractivity contribution is 9.10. The van der Waals surface area contributed by atoms with E-state index in [0.717, 1.165) is 6.07 Å². The van der Waals surface area contributed by atoms with Crippen molar-refractivity contribution in [3.63, 3.8) is 0 Å². The molecule has 0 radical (unpaired) electrons. The summed E-state index contributed by atoms with van der Waals surface area (Å²) < 4.78 is 26.4. The summed E-state index contributed by atoms with van der Waals surface area (Å²) in [5, 5.41) is 2.62. The second kappa shape index (κ2) is 5.67. The van der Waals surface area contributed by atoms with Crippen LogP contribution in [0.5, 0.6) is 0 Å². The number of hydrogen-bond donors (Lipinski definition) is 1. The van der Waals surface area contributed by atoms with Crippen molar-refractivity contribution < 1.29 is 13.6 Å². The number of nitrogens with one attached hydrogen (secondary N) is 1. The van der Waals surface area contributed by atoms with Gasteiger partial charge >= 0.3 is 0 Å². The molecule has 0 aliphatic heterocycles. The fraction of sp³-hybridized carbons (Fsp3) is 0. The van der Waals surface area contributed by atoms with Gasteiger partial charge in [-0.2, -0.15) is 0 Å². The van der Waals surface area contributed by atoms with Crippen LogP contribution < -0.4 is 5.32 Å². The summed E-state index contributed by atoms with van der Waals surface area (Å²) in [4.78, 5) is 12.0. The molecule has 0 unspecified atom stereocenters.